The van der Waals surface area contributed by atoms with Crippen LogP contribution >= 0.6 is 12.4 Å². The van der Waals surface area contributed by atoms with E-state index in [-0.39, 0.29) is 18.1 Å². The number of pyridine rings is 1. The Hall–Kier alpha value is -1.29. The molecule has 0 aliphatic rings. The van der Waals surface area contributed by atoms with E-state index < -0.39 is 5.97 Å². The average molecular weight is 203 g/mol. The molecule has 0 amide bonds. The summed E-state index contributed by atoms with van der Waals surface area (Å²) in [4.78, 5) is 14.9. The standard InChI is InChI=1S/C8H10N2O2.ClH/c1-5-6(9)3-4-10-7(5)8(11)12-2;/h3-4H,1-2H3,(H2,9,10);1H. The van der Waals surface area contributed by atoms with E-state index >= 15 is 0 Å². The van der Waals surface area contributed by atoms with Crippen LogP contribution in [0.15, 0.2) is 12.3 Å². The Kier molecular flexibility index (Phi) is 4.20. The van der Waals surface area contributed by atoms with Gasteiger partial charge in [-0.25, -0.2) is 9.78 Å². The Bertz CT molecular complexity index is 315. The molecule has 1 heterocycles. The van der Waals surface area contributed by atoms with Crippen molar-refractivity contribution in [3.63, 3.8) is 0 Å². The smallest absolute Gasteiger partial charge is 0.356 e. The molecule has 5 heteroatoms. The van der Waals surface area contributed by atoms with Gasteiger partial charge in [0.05, 0.1) is 7.11 Å². The molecule has 0 bridgehead atoms. The van der Waals surface area contributed by atoms with Crippen molar-refractivity contribution in [1.29, 1.82) is 0 Å². The van der Waals surface area contributed by atoms with Crippen molar-refractivity contribution in [1.82, 2.24) is 4.98 Å². The third kappa shape index (κ3) is 2.32. The van der Waals surface area contributed by atoms with Crippen molar-refractivity contribution in [2.75, 3.05) is 12.8 Å². The summed E-state index contributed by atoms with van der Waals surface area (Å²) in [5.74, 6) is -0.459. The summed E-state index contributed by atoms with van der Waals surface area (Å²) in [6.45, 7) is 1.73. The Morgan fingerprint density at radius 2 is 2.23 bits per heavy atom. The van der Waals surface area contributed by atoms with E-state index in [9.17, 15) is 4.79 Å². The fraction of sp³-hybridized carbons (Fsp3) is 0.250. The summed E-state index contributed by atoms with van der Waals surface area (Å²) in [7, 11) is 1.31. The summed E-state index contributed by atoms with van der Waals surface area (Å²) >= 11 is 0. The predicted molar refractivity (Wildman–Crippen MR) is 52.0 cm³/mol. The van der Waals surface area contributed by atoms with Crippen LogP contribution in [0.1, 0.15) is 16.1 Å². The van der Waals surface area contributed by atoms with Crippen LogP contribution in [0.25, 0.3) is 0 Å². The minimum absolute atomic E-state index is 0. The first-order valence-electron chi connectivity index (χ1n) is 3.46. The minimum Gasteiger partial charge on any atom is -0.464 e. The first-order chi connectivity index (χ1) is 5.66. The summed E-state index contributed by atoms with van der Waals surface area (Å²) in [6, 6.07) is 1.64. The van der Waals surface area contributed by atoms with Crippen molar-refractivity contribution in [2.45, 2.75) is 6.92 Å². The Morgan fingerprint density at radius 1 is 1.62 bits per heavy atom. The van der Waals surface area contributed by atoms with E-state index in [2.05, 4.69) is 9.72 Å². The monoisotopic (exact) mass is 202 g/mol. The van der Waals surface area contributed by atoms with Gasteiger partial charge in [0.25, 0.3) is 0 Å². The van der Waals surface area contributed by atoms with Gasteiger partial charge in [0, 0.05) is 17.4 Å². The molecule has 0 unspecified atom stereocenters. The molecule has 72 valence electrons. The first kappa shape index (κ1) is 11.7. The highest BCUT2D eigenvalue weighted by atomic mass is 35.5. The molecule has 0 atom stereocenters. The predicted octanol–water partition coefficient (Wildman–Crippen LogP) is 1.18. The van der Waals surface area contributed by atoms with Gasteiger partial charge < -0.3 is 10.5 Å². The van der Waals surface area contributed by atoms with Gasteiger partial charge in [-0.3, -0.25) is 0 Å². The Labute approximate surface area is 82.5 Å². The maximum absolute atomic E-state index is 11.0. The molecular weight excluding hydrogens is 192 g/mol. The molecule has 0 fully saturated rings. The third-order valence-corrected chi connectivity index (χ3v) is 1.62. The lowest BCUT2D eigenvalue weighted by Gasteiger charge is -2.03. The second-order valence-electron chi connectivity index (χ2n) is 2.37. The fourth-order valence-corrected chi connectivity index (χ4v) is 0.853. The van der Waals surface area contributed by atoms with Gasteiger partial charge in [0.1, 0.15) is 0 Å². The SMILES string of the molecule is COC(=O)c1nccc(N)c1C.Cl. The van der Waals surface area contributed by atoms with Crippen molar-refractivity contribution in [3.8, 4) is 0 Å². The number of carbonyl (C=O) groups excluding carboxylic acids is 1. The van der Waals surface area contributed by atoms with Crippen LogP contribution in [0.5, 0.6) is 0 Å². The Morgan fingerprint density at radius 3 is 2.77 bits per heavy atom. The highest BCUT2D eigenvalue weighted by Crippen LogP contribution is 2.12. The van der Waals surface area contributed by atoms with Gasteiger partial charge >= 0.3 is 5.97 Å². The average Bonchev–Trinajstić information content (AvgIpc) is 2.08. The van der Waals surface area contributed by atoms with Gasteiger partial charge in [-0.1, -0.05) is 0 Å². The highest BCUT2D eigenvalue weighted by molar-refractivity contribution is 5.90. The first-order valence-corrected chi connectivity index (χ1v) is 3.46. The number of halogens is 1. The molecule has 0 aromatic carbocycles. The maximum Gasteiger partial charge on any atom is 0.356 e. The number of nitrogens with zero attached hydrogens (tertiary/aromatic N) is 1. The van der Waals surface area contributed by atoms with Gasteiger partial charge in [-0.05, 0) is 13.0 Å². The lowest BCUT2D eigenvalue weighted by atomic mass is 10.2. The van der Waals surface area contributed by atoms with Gasteiger partial charge in [0.15, 0.2) is 5.69 Å². The fourth-order valence-electron chi connectivity index (χ4n) is 0.853. The molecule has 1 rings (SSSR count). The van der Waals surface area contributed by atoms with Crippen molar-refractivity contribution >= 4 is 24.1 Å². The summed E-state index contributed by atoms with van der Waals surface area (Å²) in [6.07, 6.45) is 1.48. The molecule has 4 nitrogen and oxygen atoms in total. The van der Waals surface area contributed by atoms with Crippen LogP contribution in [0, 0.1) is 6.92 Å². The number of aromatic nitrogens is 1. The van der Waals surface area contributed by atoms with E-state index in [1.54, 1.807) is 13.0 Å². The molecule has 0 spiro atoms. The van der Waals surface area contributed by atoms with Gasteiger partial charge in [-0.15, -0.1) is 12.4 Å². The van der Waals surface area contributed by atoms with E-state index in [1.807, 2.05) is 0 Å². The van der Waals surface area contributed by atoms with Crippen molar-refractivity contribution in [2.24, 2.45) is 0 Å². The van der Waals surface area contributed by atoms with Crippen LogP contribution in [0.4, 0.5) is 5.69 Å². The number of hydrogen-bond acceptors (Lipinski definition) is 4. The third-order valence-electron chi connectivity index (χ3n) is 1.62. The lowest BCUT2D eigenvalue weighted by molar-refractivity contribution is 0.0593. The zero-order valence-corrected chi connectivity index (χ0v) is 8.22. The van der Waals surface area contributed by atoms with Gasteiger partial charge in [0.2, 0.25) is 0 Å². The van der Waals surface area contributed by atoms with Crippen LogP contribution in [0.3, 0.4) is 0 Å². The second-order valence-corrected chi connectivity index (χ2v) is 2.37. The van der Waals surface area contributed by atoms with Crippen LogP contribution in [-0.2, 0) is 4.74 Å². The number of nitrogens with two attached hydrogens (primary N) is 1. The number of rotatable bonds is 1. The highest BCUT2D eigenvalue weighted by Gasteiger charge is 2.11. The topological polar surface area (TPSA) is 65.2 Å². The molecule has 0 saturated heterocycles. The van der Waals surface area contributed by atoms with Crippen LogP contribution in [-0.4, -0.2) is 18.1 Å². The summed E-state index contributed by atoms with van der Waals surface area (Å²) in [5.41, 5.74) is 7.04. The number of anilines is 1. The zero-order chi connectivity index (χ0) is 9.14. The molecular formula is C8H11ClN2O2. The molecule has 1 aromatic rings. The van der Waals surface area contributed by atoms with E-state index in [0.29, 0.717) is 11.3 Å². The van der Waals surface area contributed by atoms with E-state index in [0.717, 1.165) is 0 Å². The maximum atomic E-state index is 11.0. The van der Waals surface area contributed by atoms with Crippen molar-refractivity contribution in [3.05, 3.63) is 23.5 Å². The lowest BCUT2D eigenvalue weighted by Crippen LogP contribution is -2.08. The molecule has 1 aromatic heterocycles. The number of ether oxygens (including phenoxy) is 1. The van der Waals surface area contributed by atoms with E-state index in [4.69, 9.17) is 5.73 Å². The molecule has 0 saturated carbocycles. The number of methoxy groups -OCH3 is 1. The molecule has 2 N–H and O–H groups in total. The normalized spacial score (nSPS) is 8.77. The summed E-state index contributed by atoms with van der Waals surface area (Å²) < 4.78 is 4.52. The van der Waals surface area contributed by atoms with Gasteiger partial charge in [-0.2, -0.15) is 0 Å². The minimum atomic E-state index is -0.459. The molecule has 0 radical (unpaired) electrons. The number of hydrogen-bond donors (Lipinski definition) is 1. The summed E-state index contributed by atoms with van der Waals surface area (Å²) in [5, 5.41) is 0. The Balaban J connectivity index is 0.00000144. The van der Waals surface area contributed by atoms with Crippen LogP contribution in [0.2, 0.25) is 0 Å². The quantitative estimate of drug-likeness (QED) is 0.695. The van der Waals surface area contributed by atoms with Crippen molar-refractivity contribution < 1.29 is 9.53 Å². The molecule has 0 aliphatic heterocycles. The van der Waals surface area contributed by atoms with E-state index in [1.165, 1.54) is 13.3 Å². The molecule has 0 aliphatic carbocycles. The number of carbonyl (C=O) groups is 1. The largest absolute Gasteiger partial charge is 0.464 e. The van der Waals surface area contributed by atoms with Crippen LogP contribution < -0.4 is 5.73 Å². The zero-order valence-electron chi connectivity index (χ0n) is 7.40. The number of nitrogen functional groups attached to an aromatic ring is 1. The second kappa shape index (κ2) is 4.67. The number of esters is 1. The molecule has 13 heavy (non-hydrogen) atoms.